The molecule has 25 heavy (non-hydrogen) atoms. The molecule has 1 amide bonds. The highest BCUT2D eigenvalue weighted by Gasteiger charge is 2.21. The van der Waals surface area contributed by atoms with E-state index in [0.717, 1.165) is 42.0 Å². The summed E-state index contributed by atoms with van der Waals surface area (Å²) in [4.78, 5) is 12.5. The number of hydrogen-bond acceptors (Lipinski definition) is 4. The highest BCUT2D eigenvalue weighted by atomic mass is 16.5. The summed E-state index contributed by atoms with van der Waals surface area (Å²) >= 11 is 0. The van der Waals surface area contributed by atoms with Crippen molar-refractivity contribution in [3.8, 4) is 5.75 Å². The Morgan fingerprint density at radius 3 is 3.04 bits per heavy atom. The molecular formula is C19H26N4O2. The van der Waals surface area contributed by atoms with Crippen LogP contribution in [0.15, 0.2) is 24.3 Å². The predicted octanol–water partition coefficient (Wildman–Crippen LogP) is 2.41. The predicted molar refractivity (Wildman–Crippen MR) is 96.6 cm³/mol. The number of aromatic amines is 1. The molecule has 0 spiro atoms. The molecule has 6 heteroatoms. The number of para-hydroxylation sites is 1. The lowest BCUT2D eigenvalue weighted by Crippen LogP contribution is -2.28. The van der Waals surface area contributed by atoms with E-state index in [0.29, 0.717) is 31.3 Å². The van der Waals surface area contributed by atoms with Crippen LogP contribution < -0.4 is 15.4 Å². The van der Waals surface area contributed by atoms with E-state index in [2.05, 4.69) is 34.7 Å². The van der Waals surface area contributed by atoms with E-state index in [-0.39, 0.29) is 5.91 Å². The number of nitrogens with zero attached hydrogens (tertiary/aromatic N) is 1. The molecule has 0 aliphatic carbocycles. The molecule has 1 aromatic carbocycles. The Morgan fingerprint density at radius 2 is 2.20 bits per heavy atom. The lowest BCUT2D eigenvalue weighted by Gasteiger charge is -2.14. The first-order valence-corrected chi connectivity index (χ1v) is 8.91. The lowest BCUT2D eigenvalue weighted by atomic mass is 10.1. The Kier molecular flexibility index (Phi) is 5.71. The molecule has 134 valence electrons. The van der Waals surface area contributed by atoms with Crippen molar-refractivity contribution < 1.29 is 9.53 Å². The summed E-state index contributed by atoms with van der Waals surface area (Å²) < 4.78 is 5.88. The molecular weight excluding hydrogens is 316 g/mol. The first-order chi connectivity index (χ1) is 12.1. The third-order valence-corrected chi connectivity index (χ3v) is 4.39. The molecule has 0 unspecified atom stereocenters. The van der Waals surface area contributed by atoms with Gasteiger partial charge in [0.15, 0.2) is 5.69 Å². The Hall–Kier alpha value is -2.34. The number of fused-ring (bicyclic) bond motifs is 1. The number of nitrogens with one attached hydrogen (secondary N) is 3. The third-order valence-electron chi connectivity index (χ3n) is 4.39. The number of ether oxygens (including phenoxy) is 1. The molecule has 0 saturated heterocycles. The Bertz CT molecular complexity index is 724. The molecule has 0 fully saturated rings. The molecule has 3 N–H and O–H groups in total. The molecule has 1 aromatic heterocycles. The third kappa shape index (κ3) is 4.39. The van der Waals surface area contributed by atoms with Gasteiger partial charge < -0.3 is 15.4 Å². The summed E-state index contributed by atoms with van der Waals surface area (Å²) in [6.45, 7) is 7.05. The Labute approximate surface area is 148 Å². The highest BCUT2D eigenvalue weighted by molar-refractivity contribution is 5.94. The molecule has 3 rings (SSSR count). The number of H-pyrrole nitrogens is 1. The molecule has 6 nitrogen and oxygen atoms in total. The van der Waals surface area contributed by atoms with Gasteiger partial charge in [0.05, 0.1) is 6.61 Å². The SMILES string of the molecule is CC(C)CCOc1ccccc1CNC(=O)c1n[nH]c2c1CNCC2. The number of benzene rings is 1. The maximum absolute atomic E-state index is 12.5. The van der Waals surface area contributed by atoms with Gasteiger partial charge in [-0.05, 0) is 18.4 Å². The number of aromatic nitrogens is 2. The zero-order valence-corrected chi connectivity index (χ0v) is 14.9. The van der Waals surface area contributed by atoms with Gasteiger partial charge in [0.1, 0.15) is 5.75 Å². The van der Waals surface area contributed by atoms with Crippen molar-refractivity contribution in [1.82, 2.24) is 20.8 Å². The second-order valence-corrected chi connectivity index (χ2v) is 6.78. The number of rotatable bonds is 7. The van der Waals surface area contributed by atoms with E-state index in [1.165, 1.54) is 0 Å². The zero-order valence-electron chi connectivity index (χ0n) is 14.9. The van der Waals surface area contributed by atoms with E-state index in [1.54, 1.807) is 0 Å². The van der Waals surface area contributed by atoms with Crippen molar-refractivity contribution in [2.45, 2.75) is 39.8 Å². The fourth-order valence-corrected chi connectivity index (χ4v) is 2.87. The average molecular weight is 342 g/mol. The van der Waals surface area contributed by atoms with Crippen LogP contribution in [0.1, 0.15) is 47.6 Å². The molecule has 0 radical (unpaired) electrons. The fourth-order valence-electron chi connectivity index (χ4n) is 2.87. The number of amides is 1. The minimum atomic E-state index is -0.154. The van der Waals surface area contributed by atoms with Crippen LogP contribution in [0.25, 0.3) is 0 Å². The van der Waals surface area contributed by atoms with Crippen LogP contribution in [-0.2, 0) is 19.5 Å². The summed E-state index contributed by atoms with van der Waals surface area (Å²) in [6, 6.07) is 7.83. The van der Waals surface area contributed by atoms with Crippen LogP contribution in [0.5, 0.6) is 5.75 Å². The van der Waals surface area contributed by atoms with Gasteiger partial charge in [0.25, 0.3) is 5.91 Å². The van der Waals surface area contributed by atoms with Gasteiger partial charge in [0.2, 0.25) is 0 Å². The zero-order chi connectivity index (χ0) is 17.6. The van der Waals surface area contributed by atoms with Crippen LogP contribution in [0.2, 0.25) is 0 Å². The summed E-state index contributed by atoms with van der Waals surface area (Å²) in [6.07, 6.45) is 1.88. The Morgan fingerprint density at radius 1 is 1.36 bits per heavy atom. The van der Waals surface area contributed by atoms with Gasteiger partial charge in [-0.15, -0.1) is 0 Å². The number of carbonyl (C=O) groups excluding carboxylic acids is 1. The van der Waals surface area contributed by atoms with Crippen LogP contribution in [0, 0.1) is 5.92 Å². The van der Waals surface area contributed by atoms with Gasteiger partial charge in [0, 0.05) is 42.9 Å². The van der Waals surface area contributed by atoms with E-state index in [1.807, 2.05) is 24.3 Å². The van der Waals surface area contributed by atoms with Crippen LogP contribution in [-0.4, -0.2) is 29.3 Å². The molecule has 0 saturated carbocycles. The van der Waals surface area contributed by atoms with Crippen molar-refractivity contribution in [3.05, 3.63) is 46.8 Å². The molecule has 0 atom stereocenters. The maximum atomic E-state index is 12.5. The normalized spacial score (nSPS) is 13.6. The molecule has 2 heterocycles. The smallest absolute Gasteiger partial charge is 0.272 e. The van der Waals surface area contributed by atoms with Gasteiger partial charge in [-0.3, -0.25) is 9.89 Å². The van der Waals surface area contributed by atoms with Crippen molar-refractivity contribution in [1.29, 1.82) is 0 Å². The van der Waals surface area contributed by atoms with Gasteiger partial charge >= 0.3 is 0 Å². The molecule has 1 aliphatic rings. The van der Waals surface area contributed by atoms with Crippen molar-refractivity contribution in [3.63, 3.8) is 0 Å². The first kappa shape index (κ1) is 17.5. The monoisotopic (exact) mass is 342 g/mol. The number of carbonyl (C=O) groups is 1. The molecule has 0 bridgehead atoms. The summed E-state index contributed by atoms with van der Waals surface area (Å²) in [7, 11) is 0. The molecule has 1 aliphatic heterocycles. The fraction of sp³-hybridized carbons (Fsp3) is 0.474. The van der Waals surface area contributed by atoms with E-state index >= 15 is 0 Å². The van der Waals surface area contributed by atoms with E-state index in [9.17, 15) is 4.79 Å². The summed E-state index contributed by atoms with van der Waals surface area (Å²) in [5.74, 6) is 1.28. The second-order valence-electron chi connectivity index (χ2n) is 6.78. The van der Waals surface area contributed by atoms with Gasteiger partial charge in [-0.2, -0.15) is 5.10 Å². The standard InChI is InChI=1S/C19H26N4O2/c1-13(2)8-10-25-17-6-4-3-5-14(17)11-21-19(24)18-15-12-20-9-7-16(15)22-23-18/h3-6,13,20H,7-12H2,1-2H3,(H,21,24)(H,22,23). The second kappa shape index (κ2) is 8.16. The topological polar surface area (TPSA) is 79.0 Å². The van der Waals surface area contributed by atoms with Crippen LogP contribution in [0.3, 0.4) is 0 Å². The van der Waals surface area contributed by atoms with E-state index in [4.69, 9.17) is 4.74 Å². The van der Waals surface area contributed by atoms with Crippen LogP contribution >= 0.6 is 0 Å². The highest BCUT2D eigenvalue weighted by Crippen LogP contribution is 2.19. The minimum absolute atomic E-state index is 0.154. The van der Waals surface area contributed by atoms with E-state index < -0.39 is 0 Å². The van der Waals surface area contributed by atoms with Crippen molar-refractivity contribution in [2.75, 3.05) is 13.2 Å². The first-order valence-electron chi connectivity index (χ1n) is 8.91. The van der Waals surface area contributed by atoms with Gasteiger partial charge in [-0.25, -0.2) is 0 Å². The van der Waals surface area contributed by atoms with Crippen molar-refractivity contribution >= 4 is 5.91 Å². The summed E-state index contributed by atoms with van der Waals surface area (Å²) in [5.41, 5.74) is 3.49. The molecule has 2 aromatic rings. The Balaban J connectivity index is 1.61. The largest absolute Gasteiger partial charge is 0.493 e. The van der Waals surface area contributed by atoms with Crippen LogP contribution in [0.4, 0.5) is 0 Å². The lowest BCUT2D eigenvalue weighted by molar-refractivity contribution is 0.0944. The quantitative estimate of drug-likeness (QED) is 0.722. The number of hydrogen-bond donors (Lipinski definition) is 3. The van der Waals surface area contributed by atoms with Crippen molar-refractivity contribution in [2.24, 2.45) is 5.92 Å². The minimum Gasteiger partial charge on any atom is -0.493 e. The maximum Gasteiger partial charge on any atom is 0.272 e. The summed E-state index contributed by atoms with van der Waals surface area (Å²) in [5, 5.41) is 13.4. The average Bonchev–Trinajstić information content (AvgIpc) is 3.04. The van der Waals surface area contributed by atoms with Gasteiger partial charge in [-0.1, -0.05) is 32.0 Å².